The molecule has 2 rings (SSSR count). The van der Waals surface area contributed by atoms with Crippen LogP contribution in [-0.4, -0.2) is 36.3 Å². The topological polar surface area (TPSA) is 59.1 Å². The molecule has 100 valence electrons. The summed E-state index contributed by atoms with van der Waals surface area (Å²) in [5.41, 5.74) is 0.980. The van der Waals surface area contributed by atoms with Gasteiger partial charge in [-0.1, -0.05) is 6.92 Å². The van der Waals surface area contributed by atoms with Gasteiger partial charge in [0, 0.05) is 37.4 Å². The minimum atomic E-state index is 0.604. The fourth-order valence-corrected chi connectivity index (χ4v) is 1.97. The number of nitrogens with one attached hydrogen (secondary N) is 2. The Kier molecular flexibility index (Phi) is 4.75. The zero-order valence-corrected chi connectivity index (χ0v) is 11.2. The van der Waals surface area contributed by atoms with Crippen LogP contribution in [0.1, 0.15) is 25.5 Å². The number of hydrogen-bond donors (Lipinski definition) is 2. The lowest BCUT2D eigenvalue weighted by atomic mass is 10.1. The van der Waals surface area contributed by atoms with Gasteiger partial charge in [-0.05, 0) is 19.8 Å². The molecule has 0 aliphatic carbocycles. The van der Waals surface area contributed by atoms with Crippen LogP contribution >= 0.6 is 0 Å². The van der Waals surface area contributed by atoms with Crippen molar-refractivity contribution in [2.75, 3.05) is 36.9 Å². The fourth-order valence-electron chi connectivity index (χ4n) is 1.97. The molecule has 1 saturated heterocycles. The highest BCUT2D eigenvalue weighted by molar-refractivity contribution is 5.42. The van der Waals surface area contributed by atoms with E-state index in [2.05, 4.69) is 27.5 Å². The first-order valence-corrected chi connectivity index (χ1v) is 6.69. The number of aromatic nitrogens is 2. The summed E-state index contributed by atoms with van der Waals surface area (Å²) in [6, 6.07) is 1.98. The van der Waals surface area contributed by atoms with Gasteiger partial charge in [0.25, 0.3) is 0 Å². The molecule has 5 heteroatoms. The molecule has 0 amide bonds. The third kappa shape index (κ3) is 3.84. The van der Waals surface area contributed by atoms with Gasteiger partial charge in [-0.15, -0.1) is 0 Å². The predicted octanol–water partition coefficient (Wildman–Crippen LogP) is 2.06. The second kappa shape index (κ2) is 6.54. The summed E-state index contributed by atoms with van der Waals surface area (Å²) in [5, 5.41) is 6.59. The van der Waals surface area contributed by atoms with Gasteiger partial charge in [0.2, 0.25) is 5.95 Å². The lowest BCUT2D eigenvalue weighted by molar-refractivity contribution is 0.187. The van der Waals surface area contributed by atoms with Crippen molar-refractivity contribution < 1.29 is 4.74 Å². The summed E-state index contributed by atoms with van der Waals surface area (Å²) in [6.45, 7) is 7.68. The molecule has 18 heavy (non-hydrogen) atoms. The van der Waals surface area contributed by atoms with Gasteiger partial charge in [-0.3, -0.25) is 0 Å². The minimum absolute atomic E-state index is 0.604. The van der Waals surface area contributed by atoms with E-state index in [1.165, 1.54) is 0 Å². The van der Waals surface area contributed by atoms with E-state index in [-0.39, 0.29) is 0 Å². The maximum Gasteiger partial charge on any atom is 0.224 e. The Balaban J connectivity index is 1.91. The van der Waals surface area contributed by atoms with Gasteiger partial charge in [0.15, 0.2) is 0 Å². The fraction of sp³-hybridized carbons (Fsp3) is 0.692. The summed E-state index contributed by atoms with van der Waals surface area (Å²) in [4.78, 5) is 8.82. The number of anilines is 2. The molecule has 1 aromatic rings. The van der Waals surface area contributed by atoms with Crippen LogP contribution < -0.4 is 10.6 Å². The predicted molar refractivity (Wildman–Crippen MR) is 73.0 cm³/mol. The van der Waals surface area contributed by atoms with Gasteiger partial charge in [-0.25, -0.2) is 4.98 Å². The van der Waals surface area contributed by atoms with E-state index < -0.39 is 0 Å². The summed E-state index contributed by atoms with van der Waals surface area (Å²) in [6.07, 6.45) is 2.21. The molecule has 1 unspecified atom stereocenters. The van der Waals surface area contributed by atoms with Gasteiger partial charge in [0.05, 0.1) is 6.61 Å². The second-order valence-electron chi connectivity index (χ2n) is 4.76. The van der Waals surface area contributed by atoms with Crippen molar-refractivity contribution in [3.05, 3.63) is 11.8 Å². The van der Waals surface area contributed by atoms with Crippen molar-refractivity contribution in [2.24, 2.45) is 5.92 Å². The van der Waals surface area contributed by atoms with E-state index in [1.54, 1.807) is 0 Å². The first-order chi connectivity index (χ1) is 8.78. The zero-order chi connectivity index (χ0) is 12.8. The van der Waals surface area contributed by atoms with E-state index in [1.807, 2.05) is 13.0 Å². The summed E-state index contributed by atoms with van der Waals surface area (Å²) in [7, 11) is 0. The van der Waals surface area contributed by atoms with Crippen LogP contribution in [-0.2, 0) is 4.74 Å². The summed E-state index contributed by atoms with van der Waals surface area (Å²) < 4.78 is 5.36. The van der Waals surface area contributed by atoms with Crippen LogP contribution in [0.15, 0.2) is 6.07 Å². The normalized spacial score (nSPS) is 18.9. The lowest BCUT2D eigenvalue weighted by Crippen LogP contribution is -2.16. The molecule has 2 N–H and O–H groups in total. The van der Waals surface area contributed by atoms with Gasteiger partial charge in [0.1, 0.15) is 5.82 Å². The third-order valence-electron chi connectivity index (χ3n) is 2.98. The first kappa shape index (κ1) is 13.1. The van der Waals surface area contributed by atoms with E-state index in [4.69, 9.17) is 4.74 Å². The number of nitrogens with zero attached hydrogens (tertiary/aromatic N) is 2. The molecular weight excluding hydrogens is 228 g/mol. The highest BCUT2D eigenvalue weighted by Crippen LogP contribution is 2.14. The Morgan fingerprint density at radius 2 is 2.28 bits per heavy atom. The van der Waals surface area contributed by atoms with Crippen molar-refractivity contribution in [2.45, 2.75) is 26.7 Å². The third-order valence-corrected chi connectivity index (χ3v) is 2.98. The Labute approximate surface area is 108 Å². The molecule has 0 bridgehead atoms. The van der Waals surface area contributed by atoms with Crippen molar-refractivity contribution in [1.29, 1.82) is 0 Å². The number of ether oxygens (including phenoxy) is 1. The first-order valence-electron chi connectivity index (χ1n) is 6.69. The zero-order valence-electron chi connectivity index (χ0n) is 11.2. The monoisotopic (exact) mass is 250 g/mol. The van der Waals surface area contributed by atoms with Crippen LogP contribution in [0.4, 0.5) is 11.8 Å². The van der Waals surface area contributed by atoms with Crippen molar-refractivity contribution in [3.63, 3.8) is 0 Å². The highest BCUT2D eigenvalue weighted by atomic mass is 16.5. The van der Waals surface area contributed by atoms with E-state index in [0.29, 0.717) is 11.9 Å². The molecule has 1 fully saturated rings. The Hall–Kier alpha value is -1.36. The van der Waals surface area contributed by atoms with Gasteiger partial charge in [-0.2, -0.15) is 4.98 Å². The molecule has 1 aliphatic rings. The molecule has 0 aromatic carbocycles. The SMILES string of the molecule is CCCNc1nc(C)cc(NCC2CCOC2)n1. The van der Waals surface area contributed by atoms with Crippen LogP contribution in [0.3, 0.4) is 0 Å². The van der Waals surface area contributed by atoms with E-state index >= 15 is 0 Å². The minimum Gasteiger partial charge on any atom is -0.381 e. The molecule has 0 radical (unpaired) electrons. The Morgan fingerprint density at radius 3 is 3.00 bits per heavy atom. The van der Waals surface area contributed by atoms with Crippen molar-refractivity contribution >= 4 is 11.8 Å². The van der Waals surface area contributed by atoms with Crippen LogP contribution in [0.25, 0.3) is 0 Å². The van der Waals surface area contributed by atoms with Crippen molar-refractivity contribution in [1.82, 2.24) is 9.97 Å². The van der Waals surface area contributed by atoms with Crippen LogP contribution in [0, 0.1) is 12.8 Å². The number of rotatable bonds is 6. The quantitative estimate of drug-likeness (QED) is 0.809. The Morgan fingerprint density at radius 1 is 1.39 bits per heavy atom. The maximum absolute atomic E-state index is 5.36. The average Bonchev–Trinajstić information content (AvgIpc) is 2.86. The number of aryl methyl sites for hydroxylation is 1. The second-order valence-corrected chi connectivity index (χ2v) is 4.76. The van der Waals surface area contributed by atoms with Crippen LogP contribution in [0.2, 0.25) is 0 Å². The largest absolute Gasteiger partial charge is 0.381 e. The molecule has 1 atom stereocenters. The number of hydrogen-bond acceptors (Lipinski definition) is 5. The van der Waals surface area contributed by atoms with Gasteiger partial charge < -0.3 is 15.4 Å². The smallest absolute Gasteiger partial charge is 0.224 e. The summed E-state index contributed by atoms with van der Waals surface area (Å²) >= 11 is 0. The molecule has 2 heterocycles. The molecule has 1 aromatic heterocycles. The lowest BCUT2D eigenvalue weighted by Gasteiger charge is -2.12. The maximum atomic E-state index is 5.36. The molecule has 1 aliphatic heterocycles. The molecule has 5 nitrogen and oxygen atoms in total. The molecule has 0 spiro atoms. The Bertz CT molecular complexity index is 377. The van der Waals surface area contributed by atoms with E-state index in [9.17, 15) is 0 Å². The highest BCUT2D eigenvalue weighted by Gasteiger charge is 2.15. The van der Waals surface area contributed by atoms with Crippen molar-refractivity contribution in [3.8, 4) is 0 Å². The van der Waals surface area contributed by atoms with E-state index in [0.717, 1.165) is 50.7 Å². The standard InChI is InChI=1S/C13H22N4O/c1-3-5-14-13-16-10(2)7-12(17-13)15-8-11-4-6-18-9-11/h7,11H,3-6,8-9H2,1-2H3,(H2,14,15,16,17). The van der Waals surface area contributed by atoms with Crippen LogP contribution in [0.5, 0.6) is 0 Å². The average molecular weight is 250 g/mol. The molecular formula is C13H22N4O. The molecule has 0 saturated carbocycles. The van der Waals surface area contributed by atoms with Gasteiger partial charge >= 0.3 is 0 Å². The summed E-state index contributed by atoms with van der Waals surface area (Å²) in [5.74, 6) is 2.21.